The largest absolute Gasteiger partial charge is 0.292 e. The fraction of sp³-hybridized carbons (Fsp3) is 0.444. The normalized spacial score (nSPS) is 26.7. The van der Waals surface area contributed by atoms with Crippen LogP contribution in [-0.2, 0) is 0 Å². The predicted molar refractivity (Wildman–Crippen MR) is 43.4 cm³/mol. The van der Waals surface area contributed by atoms with Crippen molar-refractivity contribution in [3.8, 4) is 0 Å². The smallest absolute Gasteiger partial charge is 0.0419 e. The van der Waals surface area contributed by atoms with E-state index in [9.17, 15) is 0 Å². The van der Waals surface area contributed by atoms with Crippen LogP contribution in [0.25, 0.3) is 0 Å². The molecule has 1 heteroatoms. The molecule has 2 aliphatic rings. The highest BCUT2D eigenvalue weighted by molar-refractivity contribution is 6.06. The van der Waals surface area contributed by atoms with Gasteiger partial charge in [0.05, 0.1) is 0 Å². The third-order valence-electron chi connectivity index (χ3n) is 2.27. The van der Waals surface area contributed by atoms with E-state index in [0.29, 0.717) is 0 Å². The maximum Gasteiger partial charge on any atom is 0.0419 e. The van der Waals surface area contributed by atoms with Crippen molar-refractivity contribution in [2.75, 3.05) is 7.05 Å². The van der Waals surface area contributed by atoms with Crippen molar-refractivity contribution in [3.05, 3.63) is 23.3 Å². The average Bonchev–Trinajstić information content (AvgIpc) is 2.44. The van der Waals surface area contributed by atoms with Gasteiger partial charge in [-0.05, 0) is 24.8 Å². The Bertz CT molecular complexity index is 243. The van der Waals surface area contributed by atoms with Crippen LogP contribution in [0, 0.1) is 0 Å². The Hall–Kier alpha value is -0.850. The lowest BCUT2D eigenvalue weighted by molar-refractivity contribution is 1.01. The summed E-state index contributed by atoms with van der Waals surface area (Å²) in [6, 6.07) is 0. The molecule has 0 fully saturated rings. The molecule has 0 saturated carbocycles. The van der Waals surface area contributed by atoms with Gasteiger partial charge in [0.1, 0.15) is 0 Å². The van der Waals surface area contributed by atoms with Gasteiger partial charge in [0.2, 0.25) is 0 Å². The lowest BCUT2D eigenvalue weighted by Gasteiger charge is -1.93. The molecule has 0 N–H and O–H groups in total. The van der Waals surface area contributed by atoms with Crippen LogP contribution in [-0.4, -0.2) is 12.8 Å². The monoisotopic (exact) mass is 133 g/mol. The molecule has 2 aliphatic carbocycles. The third kappa shape index (κ3) is 0.666. The molecule has 10 heavy (non-hydrogen) atoms. The second-order valence-corrected chi connectivity index (χ2v) is 2.79. The van der Waals surface area contributed by atoms with Crippen LogP contribution >= 0.6 is 0 Å². The average molecular weight is 133 g/mol. The molecule has 0 saturated heterocycles. The lowest BCUT2D eigenvalue weighted by Crippen LogP contribution is -1.92. The molecular weight excluding hydrogens is 122 g/mol. The van der Waals surface area contributed by atoms with E-state index < -0.39 is 0 Å². The highest BCUT2D eigenvalue weighted by atomic mass is 14.7. The van der Waals surface area contributed by atoms with Crippen LogP contribution in [0.3, 0.4) is 0 Å². The lowest BCUT2D eigenvalue weighted by atomic mass is 10.2. The molecular formula is C9H11N. The molecule has 1 nitrogen and oxygen atoms in total. The van der Waals surface area contributed by atoms with Gasteiger partial charge in [-0.25, -0.2) is 0 Å². The number of hydrogen-bond acceptors (Lipinski definition) is 1. The second kappa shape index (κ2) is 2.08. The van der Waals surface area contributed by atoms with Gasteiger partial charge in [-0.3, -0.25) is 4.99 Å². The summed E-state index contributed by atoms with van der Waals surface area (Å²) in [6.45, 7) is 0. The van der Waals surface area contributed by atoms with Crippen molar-refractivity contribution in [2.24, 2.45) is 4.99 Å². The number of rotatable bonds is 0. The second-order valence-electron chi connectivity index (χ2n) is 2.79. The Labute approximate surface area is 61.2 Å². The van der Waals surface area contributed by atoms with Crippen molar-refractivity contribution < 1.29 is 0 Å². The van der Waals surface area contributed by atoms with Crippen molar-refractivity contribution in [1.82, 2.24) is 0 Å². The zero-order chi connectivity index (χ0) is 6.97. The highest BCUT2D eigenvalue weighted by Gasteiger charge is 2.20. The van der Waals surface area contributed by atoms with Crippen LogP contribution in [0.5, 0.6) is 0 Å². The summed E-state index contributed by atoms with van der Waals surface area (Å²) in [5.41, 5.74) is 4.34. The van der Waals surface area contributed by atoms with E-state index in [1.807, 2.05) is 7.05 Å². The van der Waals surface area contributed by atoms with Gasteiger partial charge in [-0.1, -0.05) is 17.7 Å². The first kappa shape index (κ1) is 5.90. The van der Waals surface area contributed by atoms with Gasteiger partial charge in [-0.15, -0.1) is 0 Å². The van der Waals surface area contributed by atoms with Crippen LogP contribution in [0.1, 0.15) is 19.3 Å². The quantitative estimate of drug-likeness (QED) is 0.480. The molecule has 0 aromatic rings. The van der Waals surface area contributed by atoms with Crippen molar-refractivity contribution >= 4 is 5.71 Å². The van der Waals surface area contributed by atoms with Gasteiger partial charge in [0.25, 0.3) is 0 Å². The third-order valence-corrected chi connectivity index (χ3v) is 2.27. The van der Waals surface area contributed by atoms with E-state index in [0.717, 1.165) is 0 Å². The molecule has 0 aromatic heterocycles. The van der Waals surface area contributed by atoms with Crippen LogP contribution in [0.15, 0.2) is 28.3 Å². The van der Waals surface area contributed by atoms with E-state index in [4.69, 9.17) is 0 Å². The van der Waals surface area contributed by atoms with Gasteiger partial charge in [0, 0.05) is 12.8 Å². The Balaban J connectivity index is 2.39. The topological polar surface area (TPSA) is 12.4 Å². The molecule has 0 bridgehead atoms. The van der Waals surface area contributed by atoms with E-state index in [1.165, 1.54) is 30.5 Å². The fourth-order valence-electron chi connectivity index (χ4n) is 1.72. The molecule has 0 heterocycles. The fourth-order valence-corrected chi connectivity index (χ4v) is 1.72. The van der Waals surface area contributed by atoms with Gasteiger partial charge in [0.15, 0.2) is 0 Å². The van der Waals surface area contributed by atoms with Gasteiger partial charge in [-0.2, -0.15) is 0 Å². The van der Waals surface area contributed by atoms with Crippen molar-refractivity contribution in [3.63, 3.8) is 0 Å². The molecule has 0 atom stereocenters. The minimum atomic E-state index is 1.17. The SMILES string of the molecule is CN=C1CCC2=C1C=CC2. The van der Waals surface area contributed by atoms with E-state index in [1.54, 1.807) is 5.57 Å². The molecule has 0 amide bonds. The first-order chi connectivity index (χ1) is 4.92. The maximum absolute atomic E-state index is 4.24. The van der Waals surface area contributed by atoms with Crippen LogP contribution < -0.4 is 0 Å². The van der Waals surface area contributed by atoms with Crippen LogP contribution in [0.4, 0.5) is 0 Å². The molecule has 0 aliphatic heterocycles. The van der Waals surface area contributed by atoms with Gasteiger partial charge >= 0.3 is 0 Å². The molecule has 52 valence electrons. The van der Waals surface area contributed by atoms with Crippen molar-refractivity contribution in [2.45, 2.75) is 19.3 Å². The standard InChI is InChI=1S/C9H11N/c1-10-9-6-5-7-3-2-4-8(7)9/h2,4H,3,5-6H2,1H3. The predicted octanol–water partition coefficient (Wildman–Crippen LogP) is 2.11. The van der Waals surface area contributed by atoms with Crippen molar-refractivity contribution in [1.29, 1.82) is 0 Å². The highest BCUT2D eigenvalue weighted by Crippen LogP contribution is 2.31. The summed E-state index contributed by atoms with van der Waals surface area (Å²) in [7, 11) is 1.89. The summed E-state index contributed by atoms with van der Waals surface area (Å²) >= 11 is 0. The van der Waals surface area contributed by atoms with E-state index in [-0.39, 0.29) is 0 Å². The maximum atomic E-state index is 4.24. The molecule has 2 rings (SSSR count). The summed E-state index contributed by atoms with van der Waals surface area (Å²) in [6.07, 6.45) is 8.04. The van der Waals surface area contributed by atoms with E-state index in [2.05, 4.69) is 17.1 Å². The first-order valence-electron chi connectivity index (χ1n) is 3.76. The zero-order valence-corrected chi connectivity index (χ0v) is 6.22. The van der Waals surface area contributed by atoms with Gasteiger partial charge < -0.3 is 0 Å². The molecule has 0 unspecified atom stereocenters. The zero-order valence-electron chi connectivity index (χ0n) is 6.22. The Kier molecular flexibility index (Phi) is 1.23. The Morgan fingerprint density at radius 1 is 1.40 bits per heavy atom. The molecule has 0 spiro atoms. The number of hydrogen-bond donors (Lipinski definition) is 0. The van der Waals surface area contributed by atoms with E-state index >= 15 is 0 Å². The number of allylic oxidation sites excluding steroid dienone is 4. The Morgan fingerprint density at radius 2 is 2.30 bits per heavy atom. The molecule has 0 radical (unpaired) electrons. The minimum absolute atomic E-state index is 1.17. The summed E-state index contributed by atoms with van der Waals surface area (Å²) in [5.74, 6) is 0. The minimum Gasteiger partial charge on any atom is -0.292 e. The summed E-state index contributed by atoms with van der Waals surface area (Å²) in [4.78, 5) is 4.24. The number of nitrogens with zero attached hydrogens (tertiary/aromatic N) is 1. The summed E-state index contributed by atoms with van der Waals surface area (Å²) < 4.78 is 0. The first-order valence-corrected chi connectivity index (χ1v) is 3.76. The van der Waals surface area contributed by atoms with Crippen LogP contribution in [0.2, 0.25) is 0 Å². The summed E-state index contributed by atoms with van der Waals surface area (Å²) in [5, 5.41) is 0. The Morgan fingerprint density at radius 3 is 3.10 bits per heavy atom. The molecule has 0 aromatic carbocycles. The number of aliphatic imine (C=N–C) groups is 1.